The van der Waals surface area contributed by atoms with E-state index in [1.807, 2.05) is 15.7 Å². The van der Waals surface area contributed by atoms with Crippen molar-refractivity contribution in [2.45, 2.75) is 52.0 Å². The van der Waals surface area contributed by atoms with Crippen LogP contribution in [0.2, 0.25) is 0 Å². The van der Waals surface area contributed by atoms with Crippen LogP contribution in [0.4, 0.5) is 0 Å². The lowest BCUT2D eigenvalue weighted by atomic mass is 9.94. The molecule has 7 heteroatoms. The molecule has 3 aromatic rings. The lowest BCUT2D eigenvalue weighted by molar-refractivity contribution is -0.132. The quantitative estimate of drug-likeness (QED) is 0.691. The van der Waals surface area contributed by atoms with Crippen LogP contribution in [-0.4, -0.2) is 42.8 Å². The Bertz CT molecular complexity index is 887. The average Bonchev–Trinajstić information content (AvgIpc) is 3.35. The third-order valence-corrected chi connectivity index (χ3v) is 6.40. The van der Waals surface area contributed by atoms with E-state index < -0.39 is 0 Å². The van der Waals surface area contributed by atoms with E-state index in [1.165, 1.54) is 16.2 Å². The van der Waals surface area contributed by atoms with Crippen LogP contribution in [0, 0.1) is 13.8 Å². The van der Waals surface area contributed by atoms with Crippen LogP contribution in [0.25, 0.3) is 4.83 Å². The highest BCUT2D eigenvalue weighted by Crippen LogP contribution is 2.34. The van der Waals surface area contributed by atoms with Crippen LogP contribution in [0.15, 0.2) is 24.1 Å². The average molecular weight is 372 g/mol. The lowest BCUT2D eigenvalue weighted by Gasteiger charge is -2.31. The summed E-state index contributed by atoms with van der Waals surface area (Å²) in [6.45, 7) is 6.75. The first kappa shape index (κ1) is 17.3. The van der Waals surface area contributed by atoms with Gasteiger partial charge in [-0.3, -0.25) is 9.20 Å². The van der Waals surface area contributed by atoms with Crippen molar-refractivity contribution in [3.05, 3.63) is 41.3 Å². The van der Waals surface area contributed by atoms with E-state index >= 15 is 0 Å². The Morgan fingerprint density at radius 3 is 2.85 bits per heavy atom. The second-order valence-corrected chi connectivity index (χ2v) is 7.98. The summed E-state index contributed by atoms with van der Waals surface area (Å²) in [5.41, 5.74) is 2.49. The maximum absolute atomic E-state index is 12.5. The zero-order chi connectivity index (χ0) is 18.1. The number of imidazole rings is 2. The zero-order valence-electron chi connectivity index (χ0n) is 15.4. The van der Waals surface area contributed by atoms with E-state index in [0.29, 0.717) is 12.3 Å². The maximum atomic E-state index is 12.5. The predicted octanol–water partition coefficient (Wildman–Crippen LogP) is 3.40. The van der Waals surface area contributed by atoms with E-state index in [9.17, 15) is 4.79 Å². The second kappa shape index (κ2) is 7.23. The van der Waals surface area contributed by atoms with Crippen LogP contribution in [0.5, 0.6) is 0 Å². The molecular formula is C19H25N5OS. The SMILES string of the molecule is Cc1csc2c(C3CCN(C(=O)CCCn4ccnc4)CC3)nc(C)n12. The van der Waals surface area contributed by atoms with Crippen molar-refractivity contribution >= 4 is 22.1 Å². The van der Waals surface area contributed by atoms with Crippen molar-refractivity contribution in [2.75, 3.05) is 13.1 Å². The summed E-state index contributed by atoms with van der Waals surface area (Å²) in [4.78, 5) is 24.7. The van der Waals surface area contributed by atoms with Gasteiger partial charge in [0.2, 0.25) is 5.91 Å². The third kappa shape index (κ3) is 3.28. The van der Waals surface area contributed by atoms with E-state index in [1.54, 1.807) is 23.9 Å². The fourth-order valence-corrected chi connectivity index (χ4v) is 5.02. The number of nitrogens with zero attached hydrogens (tertiary/aromatic N) is 5. The summed E-state index contributed by atoms with van der Waals surface area (Å²) in [5, 5.41) is 2.20. The third-order valence-electron chi connectivity index (χ3n) is 5.32. The number of carbonyl (C=O) groups excluding carboxylic acids is 1. The first-order chi connectivity index (χ1) is 12.6. The molecule has 26 heavy (non-hydrogen) atoms. The van der Waals surface area contributed by atoms with Gasteiger partial charge < -0.3 is 9.47 Å². The summed E-state index contributed by atoms with van der Waals surface area (Å²) in [7, 11) is 0. The fraction of sp³-hybridized carbons (Fsp3) is 0.526. The molecule has 4 rings (SSSR count). The first-order valence-corrected chi connectivity index (χ1v) is 10.2. The summed E-state index contributed by atoms with van der Waals surface area (Å²) in [6, 6.07) is 0. The largest absolute Gasteiger partial charge is 0.343 e. The van der Waals surface area contributed by atoms with Gasteiger partial charge in [0, 0.05) is 55.4 Å². The fourth-order valence-electron chi connectivity index (χ4n) is 3.91. The van der Waals surface area contributed by atoms with Crippen LogP contribution in [0.3, 0.4) is 0 Å². The molecule has 1 fully saturated rings. The van der Waals surface area contributed by atoms with Crippen molar-refractivity contribution in [3.8, 4) is 0 Å². The molecule has 1 aliphatic rings. The smallest absolute Gasteiger partial charge is 0.222 e. The molecule has 0 unspecified atom stereocenters. The lowest BCUT2D eigenvalue weighted by Crippen LogP contribution is -2.38. The molecule has 6 nitrogen and oxygen atoms in total. The highest BCUT2D eigenvalue weighted by molar-refractivity contribution is 7.15. The molecule has 4 heterocycles. The number of aromatic nitrogens is 4. The van der Waals surface area contributed by atoms with Crippen LogP contribution in [0.1, 0.15) is 48.8 Å². The molecule has 0 aromatic carbocycles. The minimum atomic E-state index is 0.279. The highest BCUT2D eigenvalue weighted by Gasteiger charge is 2.27. The van der Waals surface area contributed by atoms with Gasteiger partial charge in [0.25, 0.3) is 0 Å². The van der Waals surface area contributed by atoms with Crippen molar-refractivity contribution < 1.29 is 4.79 Å². The highest BCUT2D eigenvalue weighted by atomic mass is 32.1. The minimum absolute atomic E-state index is 0.279. The molecular weight excluding hydrogens is 346 g/mol. The standard InChI is InChI=1S/C19H25N5OS/c1-14-12-26-19-18(21-15(2)24(14)19)16-5-9-23(10-6-16)17(25)4-3-8-22-11-7-20-13-22/h7,11-13,16H,3-6,8-10H2,1-2H3. The maximum Gasteiger partial charge on any atom is 0.222 e. The van der Waals surface area contributed by atoms with E-state index in [0.717, 1.165) is 44.7 Å². The number of piperidine rings is 1. The van der Waals surface area contributed by atoms with Gasteiger partial charge in [-0.25, -0.2) is 9.97 Å². The molecule has 1 aliphatic heterocycles. The normalized spacial score (nSPS) is 15.8. The number of fused-ring (bicyclic) bond motifs is 1. The van der Waals surface area contributed by atoms with Gasteiger partial charge >= 0.3 is 0 Å². The van der Waals surface area contributed by atoms with Gasteiger partial charge in [-0.15, -0.1) is 11.3 Å². The number of amides is 1. The Morgan fingerprint density at radius 2 is 2.12 bits per heavy atom. The van der Waals surface area contributed by atoms with Crippen LogP contribution in [-0.2, 0) is 11.3 Å². The van der Waals surface area contributed by atoms with Crippen molar-refractivity contribution in [2.24, 2.45) is 0 Å². The van der Waals surface area contributed by atoms with Crippen LogP contribution >= 0.6 is 11.3 Å². The summed E-state index contributed by atoms with van der Waals surface area (Å²) in [5.74, 6) is 1.82. The van der Waals surface area contributed by atoms with Gasteiger partial charge in [0.1, 0.15) is 10.7 Å². The minimum Gasteiger partial charge on any atom is -0.343 e. The van der Waals surface area contributed by atoms with E-state index in [2.05, 4.69) is 28.6 Å². The predicted molar refractivity (Wildman–Crippen MR) is 103 cm³/mol. The Kier molecular flexibility index (Phi) is 4.80. The molecule has 0 bridgehead atoms. The van der Waals surface area contributed by atoms with Gasteiger partial charge in [-0.05, 0) is 33.1 Å². The Labute approximate surface area is 157 Å². The molecule has 1 saturated heterocycles. The second-order valence-electron chi connectivity index (χ2n) is 7.12. The Hall–Kier alpha value is -2.15. The Morgan fingerprint density at radius 1 is 1.31 bits per heavy atom. The molecule has 0 radical (unpaired) electrons. The number of thiazole rings is 1. The van der Waals surface area contributed by atoms with Crippen molar-refractivity contribution in [3.63, 3.8) is 0 Å². The molecule has 0 saturated carbocycles. The van der Waals surface area contributed by atoms with Crippen LogP contribution < -0.4 is 0 Å². The van der Waals surface area contributed by atoms with Gasteiger partial charge in [-0.2, -0.15) is 0 Å². The molecule has 3 aromatic heterocycles. The summed E-state index contributed by atoms with van der Waals surface area (Å²) in [6.07, 6.45) is 9.01. The molecule has 0 atom stereocenters. The van der Waals surface area contributed by atoms with E-state index in [-0.39, 0.29) is 5.91 Å². The molecule has 0 spiro atoms. The molecule has 0 aliphatic carbocycles. The molecule has 138 valence electrons. The summed E-state index contributed by atoms with van der Waals surface area (Å²) < 4.78 is 4.28. The number of rotatable bonds is 5. The molecule has 0 N–H and O–H groups in total. The van der Waals surface area contributed by atoms with E-state index in [4.69, 9.17) is 4.98 Å². The number of likely N-dealkylation sites (tertiary alicyclic amines) is 1. The van der Waals surface area contributed by atoms with Crippen molar-refractivity contribution in [1.29, 1.82) is 0 Å². The number of hydrogen-bond acceptors (Lipinski definition) is 4. The first-order valence-electron chi connectivity index (χ1n) is 9.30. The topological polar surface area (TPSA) is 55.4 Å². The summed E-state index contributed by atoms with van der Waals surface area (Å²) >= 11 is 1.78. The molecule has 1 amide bonds. The van der Waals surface area contributed by atoms with Gasteiger partial charge in [-0.1, -0.05) is 0 Å². The van der Waals surface area contributed by atoms with Gasteiger partial charge in [0.05, 0.1) is 12.0 Å². The zero-order valence-corrected chi connectivity index (χ0v) is 16.2. The number of carbonyl (C=O) groups is 1. The number of aryl methyl sites for hydroxylation is 3. The monoisotopic (exact) mass is 371 g/mol. The van der Waals surface area contributed by atoms with Crippen molar-refractivity contribution in [1.82, 2.24) is 23.8 Å². The number of hydrogen-bond donors (Lipinski definition) is 0. The Balaban J connectivity index is 1.32. The van der Waals surface area contributed by atoms with Gasteiger partial charge in [0.15, 0.2) is 0 Å².